The molecule has 6 heteroatoms. The monoisotopic (exact) mass is 287 g/mol. The Kier molecular flexibility index (Phi) is 6.59. The van der Waals surface area contributed by atoms with Gasteiger partial charge in [-0.3, -0.25) is 10.1 Å². The second-order valence-electron chi connectivity index (χ2n) is 4.16. The van der Waals surface area contributed by atoms with Crippen molar-refractivity contribution in [1.82, 2.24) is 0 Å². The summed E-state index contributed by atoms with van der Waals surface area (Å²) >= 11 is 6.07. The first-order valence-corrected chi connectivity index (χ1v) is 6.55. The van der Waals surface area contributed by atoms with Gasteiger partial charge < -0.3 is 9.47 Å². The second kappa shape index (κ2) is 7.96. The van der Waals surface area contributed by atoms with Crippen LogP contribution in [0.15, 0.2) is 18.2 Å². The third kappa shape index (κ3) is 5.04. The molecule has 0 amide bonds. The van der Waals surface area contributed by atoms with Gasteiger partial charge in [-0.2, -0.15) is 0 Å². The van der Waals surface area contributed by atoms with Gasteiger partial charge in [0, 0.05) is 13.2 Å². The number of hydrogen-bond donors (Lipinski definition) is 0. The standard InChI is InChI=1S/C13H18ClNO4/c1-3-6-19-13-8-10(7-11(14)9-18-2)4-5-12(13)15(16)17/h4-5,8,11H,3,6-7,9H2,1-2H3. The molecule has 0 aliphatic heterocycles. The largest absolute Gasteiger partial charge is 0.487 e. The highest BCUT2D eigenvalue weighted by molar-refractivity contribution is 6.20. The van der Waals surface area contributed by atoms with Crippen LogP contribution < -0.4 is 4.74 Å². The van der Waals surface area contributed by atoms with Crippen LogP contribution in [0.5, 0.6) is 5.75 Å². The molecule has 1 atom stereocenters. The molecular weight excluding hydrogens is 270 g/mol. The van der Waals surface area contributed by atoms with Crippen LogP contribution in [-0.4, -0.2) is 30.6 Å². The Bertz CT molecular complexity index is 425. The van der Waals surface area contributed by atoms with Gasteiger partial charge in [0.15, 0.2) is 5.75 Å². The van der Waals surface area contributed by atoms with Gasteiger partial charge in [-0.15, -0.1) is 11.6 Å². The zero-order valence-corrected chi connectivity index (χ0v) is 11.9. The molecule has 0 radical (unpaired) electrons. The van der Waals surface area contributed by atoms with E-state index in [2.05, 4.69) is 0 Å². The summed E-state index contributed by atoms with van der Waals surface area (Å²) in [4.78, 5) is 10.5. The maximum Gasteiger partial charge on any atom is 0.310 e. The Morgan fingerprint density at radius 2 is 2.21 bits per heavy atom. The number of alkyl halides is 1. The summed E-state index contributed by atoms with van der Waals surface area (Å²) in [6.45, 7) is 2.83. The van der Waals surface area contributed by atoms with Gasteiger partial charge in [0.05, 0.1) is 23.5 Å². The number of nitro benzene ring substituents is 1. The van der Waals surface area contributed by atoms with E-state index in [1.165, 1.54) is 6.07 Å². The van der Waals surface area contributed by atoms with Gasteiger partial charge in [-0.1, -0.05) is 13.0 Å². The van der Waals surface area contributed by atoms with E-state index in [4.69, 9.17) is 21.1 Å². The number of halogens is 1. The van der Waals surface area contributed by atoms with Gasteiger partial charge in [-0.05, 0) is 24.5 Å². The lowest BCUT2D eigenvalue weighted by molar-refractivity contribution is -0.385. The number of nitro groups is 1. The first kappa shape index (κ1) is 15.7. The topological polar surface area (TPSA) is 61.6 Å². The number of hydrogen-bond acceptors (Lipinski definition) is 4. The van der Waals surface area contributed by atoms with Crippen molar-refractivity contribution in [1.29, 1.82) is 0 Å². The van der Waals surface area contributed by atoms with E-state index in [-0.39, 0.29) is 11.1 Å². The summed E-state index contributed by atoms with van der Waals surface area (Å²) in [5, 5.41) is 10.7. The molecule has 1 unspecified atom stereocenters. The predicted octanol–water partition coefficient (Wildman–Crippen LogP) is 3.18. The molecular formula is C13H18ClNO4. The van der Waals surface area contributed by atoms with Gasteiger partial charge in [0.1, 0.15) is 0 Å². The average molecular weight is 288 g/mol. The van der Waals surface area contributed by atoms with Gasteiger partial charge in [-0.25, -0.2) is 0 Å². The minimum atomic E-state index is -0.442. The van der Waals surface area contributed by atoms with Crippen LogP contribution >= 0.6 is 11.6 Å². The molecule has 1 aromatic carbocycles. The predicted molar refractivity (Wildman–Crippen MR) is 74.1 cm³/mol. The lowest BCUT2D eigenvalue weighted by Crippen LogP contribution is -2.11. The maximum atomic E-state index is 10.9. The first-order valence-electron chi connectivity index (χ1n) is 6.11. The summed E-state index contributed by atoms with van der Waals surface area (Å²) in [5.74, 6) is 0.297. The van der Waals surface area contributed by atoms with Crippen molar-refractivity contribution in [2.45, 2.75) is 25.1 Å². The molecule has 0 N–H and O–H groups in total. The SMILES string of the molecule is CCCOc1cc(CC(Cl)COC)ccc1[N+](=O)[O-]. The molecule has 0 saturated carbocycles. The highest BCUT2D eigenvalue weighted by Crippen LogP contribution is 2.29. The zero-order valence-electron chi connectivity index (χ0n) is 11.1. The van der Waals surface area contributed by atoms with Gasteiger partial charge in [0.2, 0.25) is 0 Å². The average Bonchev–Trinajstić information content (AvgIpc) is 2.36. The molecule has 0 fully saturated rings. The molecule has 106 valence electrons. The second-order valence-corrected chi connectivity index (χ2v) is 4.78. The highest BCUT2D eigenvalue weighted by Gasteiger charge is 2.16. The molecule has 0 saturated heterocycles. The highest BCUT2D eigenvalue weighted by atomic mass is 35.5. The lowest BCUT2D eigenvalue weighted by atomic mass is 10.1. The van der Waals surface area contributed by atoms with Crippen LogP contribution in [0.2, 0.25) is 0 Å². The van der Waals surface area contributed by atoms with Crippen molar-refractivity contribution in [3.8, 4) is 5.75 Å². The number of ether oxygens (including phenoxy) is 2. The minimum absolute atomic E-state index is 0.0185. The molecule has 0 aliphatic carbocycles. The van der Waals surface area contributed by atoms with E-state index in [1.54, 1.807) is 19.2 Å². The molecule has 19 heavy (non-hydrogen) atoms. The number of methoxy groups -OCH3 is 1. The first-order chi connectivity index (χ1) is 9.08. The van der Waals surface area contributed by atoms with Gasteiger partial charge >= 0.3 is 5.69 Å². The Morgan fingerprint density at radius 1 is 1.47 bits per heavy atom. The number of rotatable bonds is 8. The zero-order chi connectivity index (χ0) is 14.3. The summed E-state index contributed by atoms with van der Waals surface area (Å²) in [6, 6.07) is 4.83. The van der Waals surface area contributed by atoms with E-state index < -0.39 is 4.92 Å². The van der Waals surface area contributed by atoms with Gasteiger partial charge in [0.25, 0.3) is 0 Å². The van der Waals surface area contributed by atoms with E-state index in [0.717, 1.165) is 12.0 Å². The van der Waals surface area contributed by atoms with Crippen LogP contribution in [-0.2, 0) is 11.2 Å². The minimum Gasteiger partial charge on any atom is -0.487 e. The van der Waals surface area contributed by atoms with Crippen molar-refractivity contribution < 1.29 is 14.4 Å². The van der Waals surface area contributed by atoms with Crippen molar-refractivity contribution in [3.05, 3.63) is 33.9 Å². The van der Waals surface area contributed by atoms with Crippen LogP contribution in [0.1, 0.15) is 18.9 Å². The van der Waals surface area contributed by atoms with Crippen molar-refractivity contribution in [2.24, 2.45) is 0 Å². The van der Waals surface area contributed by atoms with E-state index in [9.17, 15) is 10.1 Å². The fourth-order valence-corrected chi connectivity index (χ4v) is 1.96. The molecule has 0 aliphatic rings. The van der Waals surface area contributed by atoms with Crippen molar-refractivity contribution in [3.63, 3.8) is 0 Å². The lowest BCUT2D eigenvalue weighted by Gasteiger charge is -2.10. The Morgan fingerprint density at radius 3 is 2.79 bits per heavy atom. The summed E-state index contributed by atoms with van der Waals surface area (Å²) in [6.07, 6.45) is 1.37. The van der Waals surface area contributed by atoms with Crippen LogP contribution in [0.4, 0.5) is 5.69 Å². The maximum absolute atomic E-state index is 10.9. The molecule has 0 spiro atoms. The van der Waals surface area contributed by atoms with Crippen molar-refractivity contribution >= 4 is 17.3 Å². The molecule has 1 rings (SSSR count). The third-order valence-corrected chi connectivity index (χ3v) is 2.77. The normalized spacial score (nSPS) is 12.2. The van der Waals surface area contributed by atoms with Crippen molar-refractivity contribution in [2.75, 3.05) is 20.3 Å². The fraction of sp³-hybridized carbons (Fsp3) is 0.538. The summed E-state index contributed by atoms with van der Waals surface area (Å²) in [7, 11) is 1.58. The Balaban J connectivity index is 2.87. The molecule has 0 heterocycles. The van der Waals surface area contributed by atoms with E-state index >= 15 is 0 Å². The van der Waals surface area contributed by atoms with E-state index in [1.807, 2.05) is 6.92 Å². The Labute approximate surface area is 117 Å². The Hall–Kier alpha value is -1.33. The molecule has 1 aromatic rings. The number of nitrogens with zero attached hydrogens (tertiary/aromatic N) is 1. The van der Waals surface area contributed by atoms with Crippen LogP contribution in [0.25, 0.3) is 0 Å². The molecule has 0 aromatic heterocycles. The fourth-order valence-electron chi connectivity index (χ4n) is 1.66. The molecule has 0 bridgehead atoms. The molecule has 5 nitrogen and oxygen atoms in total. The van der Waals surface area contributed by atoms with Crippen LogP contribution in [0, 0.1) is 10.1 Å². The summed E-state index contributed by atoms with van der Waals surface area (Å²) in [5.41, 5.74) is 0.879. The van der Waals surface area contributed by atoms with E-state index in [0.29, 0.717) is 25.4 Å². The quantitative estimate of drug-likeness (QED) is 0.418. The summed E-state index contributed by atoms with van der Waals surface area (Å²) < 4.78 is 10.4. The number of benzene rings is 1. The third-order valence-electron chi connectivity index (χ3n) is 2.49. The van der Waals surface area contributed by atoms with Crippen LogP contribution in [0.3, 0.4) is 0 Å². The smallest absolute Gasteiger partial charge is 0.310 e.